The van der Waals surface area contributed by atoms with Gasteiger partial charge in [-0.3, -0.25) is 4.21 Å². The van der Waals surface area contributed by atoms with E-state index < -0.39 is 10.8 Å². The van der Waals surface area contributed by atoms with Crippen molar-refractivity contribution in [2.45, 2.75) is 17.6 Å². The molecule has 1 atom stereocenters. The van der Waals surface area contributed by atoms with Crippen LogP contribution in [-0.2, 0) is 16.6 Å². The van der Waals surface area contributed by atoms with Crippen molar-refractivity contribution in [2.75, 3.05) is 0 Å². The second-order valence-electron chi connectivity index (χ2n) is 4.27. The second kappa shape index (κ2) is 5.42. The van der Waals surface area contributed by atoms with E-state index in [1.54, 1.807) is 30.3 Å². The van der Waals surface area contributed by atoms with E-state index in [0.717, 1.165) is 5.69 Å². The van der Waals surface area contributed by atoms with Gasteiger partial charge in [0.05, 0.1) is 33.4 Å². The van der Waals surface area contributed by atoms with Gasteiger partial charge in [-0.25, -0.2) is 9.67 Å². The third-order valence-electron chi connectivity index (χ3n) is 2.88. The number of nitrogens with zero attached hydrogens (tertiary/aromatic N) is 3. The molecule has 102 valence electrons. The van der Waals surface area contributed by atoms with E-state index in [1.807, 2.05) is 30.3 Å². The molecule has 5 nitrogen and oxygen atoms in total. The Labute approximate surface area is 118 Å². The molecule has 0 aliphatic rings. The Kier molecular flexibility index (Phi) is 3.47. The van der Waals surface area contributed by atoms with E-state index in [4.69, 9.17) is 4.42 Å². The van der Waals surface area contributed by atoms with Crippen LogP contribution in [0.2, 0.25) is 0 Å². The summed E-state index contributed by atoms with van der Waals surface area (Å²) >= 11 is 0. The SMILES string of the molecule is Cc1occc1[S@@](=O)Cc1ncn(-c2ccccc2)n1. The Morgan fingerprint density at radius 1 is 1.25 bits per heavy atom. The molecular weight excluding hydrogens is 274 g/mol. The molecule has 0 N–H and O–H groups in total. The van der Waals surface area contributed by atoms with Gasteiger partial charge in [0.25, 0.3) is 0 Å². The van der Waals surface area contributed by atoms with Crippen molar-refractivity contribution in [3.8, 4) is 5.69 Å². The molecule has 0 spiro atoms. The van der Waals surface area contributed by atoms with Gasteiger partial charge in [0, 0.05) is 0 Å². The van der Waals surface area contributed by atoms with Crippen molar-refractivity contribution in [2.24, 2.45) is 0 Å². The van der Waals surface area contributed by atoms with Crippen LogP contribution < -0.4 is 0 Å². The fourth-order valence-corrected chi connectivity index (χ4v) is 2.97. The van der Waals surface area contributed by atoms with Crippen molar-refractivity contribution in [3.05, 3.63) is 60.6 Å². The summed E-state index contributed by atoms with van der Waals surface area (Å²) in [5.41, 5.74) is 0.927. The molecule has 0 bridgehead atoms. The highest BCUT2D eigenvalue weighted by Gasteiger charge is 2.13. The maximum atomic E-state index is 12.2. The topological polar surface area (TPSA) is 60.9 Å². The van der Waals surface area contributed by atoms with Gasteiger partial charge in [0.2, 0.25) is 0 Å². The van der Waals surface area contributed by atoms with Gasteiger partial charge in [0.1, 0.15) is 12.1 Å². The summed E-state index contributed by atoms with van der Waals surface area (Å²) in [4.78, 5) is 4.90. The largest absolute Gasteiger partial charge is 0.468 e. The lowest BCUT2D eigenvalue weighted by Crippen LogP contribution is -2.00. The Morgan fingerprint density at radius 2 is 2.05 bits per heavy atom. The van der Waals surface area contributed by atoms with Crippen LogP contribution in [0.5, 0.6) is 0 Å². The van der Waals surface area contributed by atoms with Crippen LogP contribution in [-0.4, -0.2) is 19.0 Å². The molecule has 0 aliphatic heterocycles. The zero-order valence-electron chi connectivity index (χ0n) is 10.9. The molecule has 1 aromatic carbocycles. The Balaban J connectivity index is 1.78. The van der Waals surface area contributed by atoms with Crippen molar-refractivity contribution in [1.82, 2.24) is 14.8 Å². The molecule has 3 rings (SSSR count). The van der Waals surface area contributed by atoms with Crippen LogP contribution in [0.1, 0.15) is 11.6 Å². The third-order valence-corrected chi connectivity index (χ3v) is 4.31. The molecule has 2 heterocycles. The third kappa shape index (κ3) is 2.55. The summed E-state index contributed by atoms with van der Waals surface area (Å²) < 4.78 is 19.0. The lowest BCUT2D eigenvalue weighted by Gasteiger charge is -1.99. The van der Waals surface area contributed by atoms with Gasteiger partial charge >= 0.3 is 0 Å². The summed E-state index contributed by atoms with van der Waals surface area (Å²) in [6.45, 7) is 1.79. The first-order chi connectivity index (χ1) is 9.74. The van der Waals surface area contributed by atoms with Gasteiger partial charge in [-0.2, -0.15) is 5.10 Å². The summed E-state index contributed by atoms with van der Waals surface area (Å²) in [5, 5.41) is 4.34. The predicted molar refractivity (Wildman–Crippen MR) is 74.9 cm³/mol. The first-order valence-electron chi connectivity index (χ1n) is 6.12. The Hall–Kier alpha value is -2.21. The second-order valence-corrected chi connectivity index (χ2v) is 5.69. The lowest BCUT2D eigenvalue weighted by molar-refractivity contribution is 0.525. The van der Waals surface area contributed by atoms with Gasteiger partial charge in [-0.05, 0) is 25.1 Å². The standard InChI is InChI=1S/C14H13N3O2S/c1-11-13(7-8-19-11)20(18)9-14-15-10-17(16-14)12-5-3-2-4-6-12/h2-8,10H,9H2,1H3/t20-/m0/s1. The Bertz CT molecular complexity index is 734. The zero-order valence-corrected chi connectivity index (χ0v) is 11.7. The normalized spacial score (nSPS) is 12.4. The highest BCUT2D eigenvalue weighted by molar-refractivity contribution is 7.84. The fourth-order valence-electron chi connectivity index (χ4n) is 1.87. The van der Waals surface area contributed by atoms with Crippen molar-refractivity contribution in [1.29, 1.82) is 0 Å². The minimum Gasteiger partial charge on any atom is -0.468 e. The van der Waals surface area contributed by atoms with E-state index in [9.17, 15) is 4.21 Å². The van der Waals surface area contributed by atoms with Crippen molar-refractivity contribution in [3.63, 3.8) is 0 Å². The molecule has 3 aromatic rings. The maximum Gasteiger partial charge on any atom is 0.163 e. The van der Waals surface area contributed by atoms with Crippen LogP contribution >= 0.6 is 0 Å². The molecule has 0 fully saturated rings. The van der Waals surface area contributed by atoms with E-state index >= 15 is 0 Å². The molecule has 0 saturated carbocycles. The molecule has 0 aliphatic carbocycles. The number of rotatable bonds is 4. The van der Waals surface area contributed by atoms with Gasteiger partial charge in [-0.15, -0.1) is 0 Å². The number of aryl methyl sites for hydroxylation is 1. The minimum absolute atomic E-state index is 0.278. The van der Waals surface area contributed by atoms with Crippen LogP contribution in [0, 0.1) is 6.92 Å². The summed E-state index contributed by atoms with van der Waals surface area (Å²) in [6.07, 6.45) is 3.17. The molecule has 0 radical (unpaired) electrons. The number of hydrogen-bond acceptors (Lipinski definition) is 4. The number of aromatic nitrogens is 3. The quantitative estimate of drug-likeness (QED) is 0.739. The van der Waals surface area contributed by atoms with Gasteiger partial charge in [0.15, 0.2) is 5.82 Å². The summed E-state index contributed by atoms with van der Waals surface area (Å²) in [5.74, 6) is 1.50. The van der Waals surface area contributed by atoms with Gasteiger partial charge in [-0.1, -0.05) is 18.2 Å². The first kappa shape index (κ1) is 12.8. The Morgan fingerprint density at radius 3 is 2.75 bits per heavy atom. The highest BCUT2D eigenvalue weighted by atomic mass is 32.2. The average molecular weight is 287 g/mol. The monoisotopic (exact) mass is 287 g/mol. The van der Waals surface area contributed by atoms with Crippen LogP contribution in [0.4, 0.5) is 0 Å². The summed E-state index contributed by atoms with van der Waals surface area (Å²) in [7, 11) is -1.19. The molecule has 0 amide bonds. The van der Waals surface area contributed by atoms with E-state index in [1.165, 1.54) is 0 Å². The predicted octanol–water partition coefficient (Wildman–Crippen LogP) is 2.48. The number of para-hydroxylation sites is 1. The van der Waals surface area contributed by atoms with Crippen LogP contribution in [0.15, 0.2) is 58.3 Å². The number of benzene rings is 1. The van der Waals surface area contributed by atoms with E-state index in [0.29, 0.717) is 16.5 Å². The van der Waals surface area contributed by atoms with Gasteiger partial charge < -0.3 is 4.42 Å². The van der Waals surface area contributed by atoms with Crippen LogP contribution in [0.25, 0.3) is 5.69 Å². The molecular formula is C14H13N3O2S. The molecule has 6 heteroatoms. The molecule has 0 unspecified atom stereocenters. The highest BCUT2D eigenvalue weighted by Crippen LogP contribution is 2.16. The molecule has 2 aromatic heterocycles. The smallest absolute Gasteiger partial charge is 0.163 e. The van der Waals surface area contributed by atoms with Crippen LogP contribution in [0.3, 0.4) is 0 Å². The zero-order chi connectivity index (χ0) is 13.9. The number of furan rings is 1. The van der Waals surface area contributed by atoms with Crippen molar-refractivity contribution >= 4 is 10.8 Å². The fraction of sp³-hybridized carbons (Fsp3) is 0.143. The number of hydrogen-bond donors (Lipinski definition) is 0. The minimum atomic E-state index is -1.19. The van der Waals surface area contributed by atoms with E-state index in [-0.39, 0.29) is 5.75 Å². The lowest BCUT2D eigenvalue weighted by atomic mass is 10.3. The first-order valence-corrected chi connectivity index (χ1v) is 7.44. The summed E-state index contributed by atoms with van der Waals surface area (Å²) in [6, 6.07) is 11.4. The van der Waals surface area contributed by atoms with E-state index in [2.05, 4.69) is 10.1 Å². The average Bonchev–Trinajstić information content (AvgIpc) is 3.09. The maximum absolute atomic E-state index is 12.2. The van der Waals surface area contributed by atoms with Crippen molar-refractivity contribution < 1.29 is 8.63 Å². The molecule has 0 saturated heterocycles. The molecule has 20 heavy (non-hydrogen) atoms.